The molecule has 1 aliphatic carbocycles. The first kappa shape index (κ1) is 21.3. The van der Waals surface area contributed by atoms with E-state index in [2.05, 4.69) is 15.6 Å². The lowest BCUT2D eigenvalue weighted by molar-refractivity contribution is -0.183. The van der Waals surface area contributed by atoms with Crippen molar-refractivity contribution in [3.05, 3.63) is 0 Å². The topological polar surface area (TPSA) is 56.7 Å². The van der Waals surface area contributed by atoms with Gasteiger partial charge in [0.15, 0.2) is 5.96 Å². The standard InChI is InChI=1S/C13H23F3N4O.HI/c1-17-12(18-8-11(21)20(2)3)19-10-6-4-5-9(7-10)13(14,15)16;/h9-10H,4-8H2,1-3H3,(H2,17,18,19);1H. The molecule has 2 N–H and O–H groups in total. The first-order valence-electron chi connectivity index (χ1n) is 6.98. The monoisotopic (exact) mass is 436 g/mol. The normalized spacial score (nSPS) is 22.5. The minimum Gasteiger partial charge on any atom is -0.354 e. The van der Waals surface area contributed by atoms with Crippen molar-refractivity contribution in [3.8, 4) is 0 Å². The van der Waals surface area contributed by atoms with Crippen LogP contribution in [0.15, 0.2) is 4.99 Å². The van der Waals surface area contributed by atoms with Crippen LogP contribution in [0.25, 0.3) is 0 Å². The molecule has 0 aromatic carbocycles. The van der Waals surface area contributed by atoms with Crippen molar-refractivity contribution in [3.63, 3.8) is 0 Å². The van der Waals surface area contributed by atoms with Crippen LogP contribution in [0.2, 0.25) is 0 Å². The van der Waals surface area contributed by atoms with E-state index in [1.165, 1.54) is 11.9 Å². The minimum atomic E-state index is -4.14. The van der Waals surface area contributed by atoms with Gasteiger partial charge >= 0.3 is 6.18 Å². The van der Waals surface area contributed by atoms with Crippen LogP contribution in [-0.2, 0) is 4.79 Å². The molecule has 0 saturated heterocycles. The first-order chi connectivity index (χ1) is 9.74. The molecule has 0 radical (unpaired) electrons. The van der Waals surface area contributed by atoms with Crippen LogP contribution in [0.1, 0.15) is 25.7 Å². The van der Waals surface area contributed by atoms with Gasteiger partial charge in [0.05, 0.1) is 12.5 Å². The Morgan fingerprint density at radius 1 is 1.32 bits per heavy atom. The molecule has 22 heavy (non-hydrogen) atoms. The fourth-order valence-electron chi connectivity index (χ4n) is 2.32. The Morgan fingerprint density at radius 2 is 1.95 bits per heavy atom. The summed E-state index contributed by atoms with van der Waals surface area (Å²) in [6, 6.07) is -0.272. The predicted octanol–water partition coefficient (Wildman–Crippen LogP) is 1.98. The SMILES string of the molecule is CN=C(NCC(=O)N(C)C)NC1CCCC(C(F)(F)F)C1.I. The highest BCUT2D eigenvalue weighted by Crippen LogP contribution is 2.37. The number of hydrogen-bond acceptors (Lipinski definition) is 2. The molecule has 1 rings (SSSR count). The molecule has 1 saturated carbocycles. The third-order valence-corrected chi connectivity index (χ3v) is 3.61. The summed E-state index contributed by atoms with van der Waals surface area (Å²) in [5, 5.41) is 5.79. The highest BCUT2D eigenvalue weighted by atomic mass is 127. The number of amides is 1. The van der Waals surface area contributed by atoms with Crippen LogP contribution in [0.5, 0.6) is 0 Å². The number of nitrogens with zero attached hydrogens (tertiary/aromatic N) is 2. The quantitative estimate of drug-likeness (QED) is 0.404. The zero-order valence-electron chi connectivity index (χ0n) is 13.0. The van der Waals surface area contributed by atoms with E-state index in [9.17, 15) is 18.0 Å². The summed E-state index contributed by atoms with van der Waals surface area (Å²) in [6.45, 7) is 0.0576. The van der Waals surface area contributed by atoms with Crippen molar-refractivity contribution in [1.29, 1.82) is 0 Å². The minimum absolute atomic E-state index is 0. The number of aliphatic imine (C=N–C) groups is 1. The summed E-state index contributed by atoms with van der Waals surface area (Å²) in [7, 11) is 4.80. The number of carbonyl (C=O) groups excluding carboxylic acids is 1. The van der Waals surface area contributed by atoms with E-state index in [1.807, 2.05) is 0 Å². The lowest BCUT2D eigenvalue weighted by Crippen LogP contribution is -2.48. The van der Waals surface area contributed by atoms with Crippen molar-refractivity contribution >= 4 is 35.8 Å². The van der Waals surface area contributed by atoms with Crippen molar-refractivity contribution in [2.75, 3.05) is 27.7 Å². The average molecular weight is 436 g/mol. The molecular weight excluding hydrogens is 412 g/mol. The van der Waals surface area contributed by atoms with E-state index in [-0.39, 0.29) is 55.3 Å². The smallest absolute Gasteiger partial charge is 0.354 e. The van der Waals surface area contributed by atoms with Crippen molar-refractivity contribution in [1.82, 2.24) is 15.5 Å². The van der Waals surface area contributed by atoms with Crippen LogP contribution >= 0.6 is 24.0 Å². The van der Waals surface area contributed by atoms with Gasteiger partial charge in [-0.15, -0.1) is 24.0 Å². The van der Waals surface area contributed by atoms with E-state index >= 15 is 0 Å². The van der Waals surface area contributed by atoms with Gasteiger partial charge in [0.25, 0.3) is 0 Å². The van der Waals surface area contributed by atoms with Crippen LogP contribution in [0.3, 0.4) is 0 Å². The highest BCUT2D eigenvalue weighted by Gasteiger charge is 2.42. The molecule has 0 aliphatic heterocycles. The third kappa shape index (κ3) is 7.01. The lowest BCUT2D eigenvalue weighted by atomic mass is 9.85. The molecule has 0 aromatic rings. The molecule has 0 bridgehead atoms. The van der Waals surface area contributed by atoms with Gasteiger partial charge in [-0.1, -0.05) is 6.42 Å². The number of nitrogens with one attached hydrogen (secondary N) is 2. The lowest BCUT2D eigenvalue weighted by Gasteiger charge is -2.31. The maximum atomic E-state index is 12.8. The van der Waals surface area contributed by atoms with Crippen LogP contribution in [0, 0.1) is 5.92 Å². The van der Waals surface area contributed by atoms with Gasteiger partial charge in [-0.2, -0.15) is 13.2 Å². The Labute approximate surface area is 146 Å². The van der Waals surface area contributed by atoms with Crippen LogP contribution in [0.4, 0.5) is 13.2 Å². The molecule has 0 aromatic heterocycles. The Hall–Kier alpha value is -0.740. The Kier molecular flexibility index (Phi) is 9.09. The van der Waals surface area contributed by atoms with E-state index in [1.54, 1.807) is 14.1 Å². The molecule has 1 aliphatic rings. The highest BCUT2D eigenvalue weighted by molar-refractivity contribution is 14.0. The average Bonchev–Trinajstić information content (AvgIpc) is 2.42. The van der Waals surface area contributed by atoms with E-state index < -0.39 is 12.1 Å². The predicted molar refractivity (Wildman–Crippen MR) is 90.4 cm³/mol. The summed E-state index contributed by atoms with van der Waals surface area (Å²) in [6.07, 6.45) is -2.69. The zero-order valence-corrected chi connectivity index (χ0v) is 15.4. The zero-order chi connectivity index (χ0) is 16.0. The van der Waals surface area contributed by atoms with Crippen molar-refractivity contribution in [2.24, 2.45) is 10.9 Å². The second-order valence-corrected chi connectivity index (χ2v) is 5.46. The second-order valence-electron chi connectivity index (χ2n) is 5.46. The molecule has 2 atom stereocenters. The number of halogens is 4. The molecule has 9 heteroatoms. The second kappa shape index (κ2) is 9.41. The van der Waals surface area contributed by atoms with Gasteiger partial charge in [-0.05, 0) is 19.3 Å². The fourth-order valence-corrected chi connectivity index (χ4v) is 2.32. The van der Waals surface area contributed by atoms with Gasteiger partial charge < -0.3 is 15.5 Å². The van der Waals surface area contributed by atoms with Gasteiger partial charge in [-0.3, -0.25) is 9.79 Å². The number of alkyl halides is 3. The van der Waals surface area contributed by atoms with E-state index in [0.717, 1.165) is 0 Å². The number of carbonyl (C=O) groups is 1. The third-order valence-electron chi connectivity index (χ3n) is 3.61. The summed E-state index contributed by atoms with van der Waals surface area (Å²) in [4.78, 5) is 16.8. The number of likely N-dealkylation sites (N-methyl/N-ethyl adjacent to an activating group) is 1. The fraction of sp³-hybridized carbons (Fsp3) is 0.846. The molecule has 130 valence electrons. The van der Waals surface area contributed by atoms with Crippen LogP contribution < -0.4 is 10.6 Å². The molecule has 1 amide bonds. The maximum Gasteiger partial charge on any atom is 0.391 e. The summed E-state index contributed by atoms with van der Waals surface area (Å²) in [5.74, 6) is -1.03. The number of guanidine groups is 1. The Morgan fingerprint density at radius 3 is 2.45 bits per heavy atom. The molecule has 5 nitrogen and oxygen atoms in total. The van der Waals surface area contributed by atoms with E-state index in [4.69, 9.17) is 0 Å². The van der Waals surface area contributed by atoms with E-state index in [0.29, 0.717) is 18.8 Å². The summed E-state index contributed by atoms with van der Waals surface area (Å²) in [5.41, 5.74) is 0. The summed E-state index contributed by atoms with van der Waals surface area (Å²) < 4.78 is 38.3. The van der Waals surface area contributed by atoms with Gasteiger partial charge in [0, 0.05) is 27.2 Å². The largest absolute Gasteiger partial charge is 0.391 e. The maximum absolute atomic E-state index is 12.8. The van der Waals surface area contributed by atoms with Gasteiger partial charge in [0.2, 0.25) is 5.91 Å². The Bertz CT molecular complexity index is 388. The summed E-state index contributed by atoms with van der Waals surface area (Å²) >= 11 is 0. The molecule has 2 unspecified atom stereocenters. The van der Waals surface area contributed by atoms with Crippen LogP contribution in [-0.4, -0.2) is 56.7 Å². The molecule has 0 heterocycles. The Balaban J connectivity index is 0.00000441. The molecule has 1 fully saturated rings. The van der Waals surface area contributed by atoms with Gasteiger partial charge in [-0.25, -0.2) is 0 Å². The number of hydrogen-bond donors (Lipinski definition) is 2. The number of rotatable bonds is 3. The van der Waals surface area contributed by atoms with Gasteiger partial charge in [0.1, 0.15) is 0 Å². The molecular formula is C13H24F3IN4O. The molecule has 0 spiro atoms. The van der Waals surface area contributed by atoms with Crippen molar-refractivity contribution in [2.45, 2.75) is 37.9 Å². The van der Waals surface area contributed by atoms with Crippen molar-refractivity contribution < 1.29 is 18.0 Å². The first-order valence-corrected chi connectivity index (χ1v) is 6.98.